The van der Waals surface area contributed by atoms with Crippen molar-refractivity contribution in [2.75, 3.05) is 24.8 Å². The van der Waals surface area contributed by atoms with Gasteiger partial charge in [-0.15, -0.1) is 0 Å². The van der Waals surface area contributed by atoms with E-state index in [1.54, 1.807) is 0 Å². The quantitative estimate of drug-likeness (QED) is 0.810. The van der Waals surface area contributed by atoms with E-state index in [4.69, 9.17) is 11.6 Å². The summed E-state index contributed by atoms with van der Waals surface area (Å²) in [7, 11) is -1.19. The van der Waals surface area contributed by atoms with Crippen LogP contribution in [0.15, 0.2) is 12.1 Å². The predicted octanol–water partition coefficient (Wildman–Crippen LogP) is 4.58. The van der Waals surface area contributed by atoms with Crippen LogP contribution in [0.4, 0.5) is 5.69 Å². The first-order valence-electron chi connectivity index (χ1n) is 6.59. The Morgan fingerprint density at radius 2 is 1.79 bits per heavy atom. The van der Waals surface area contributed by atoms with Crippen LogP contribution in [0.1, 0.15) is 25.0 Å². The number of nitrogens with one attached hydrogen (secondary N) is 1. The van der Waals surface area contributed by atoms with Gasteiger partial charge in [-0.1, -0.05) is 11.6 Å². The van der Waals surface area contributed by atoms with E-state index in [0.29, 0.717) is 5.02 Å². The molecule has 1 amide bonds. The normalized spacial score (nSPS) is 13.2. The smallest absolute Gasteiger partial charge is 0.264 e. The molecule has 1 rings (SSSR count). The standard InChI is InChI=1S/C15H23ClNOP/c1-7-19(5,6)12(4)15(18)17-14-10(2)8-13(16)9-11(14)3/h8-9,12H,7H2,1-6H3/p+1. The summed E-state index contributed by atoms with van der Waals surface area (Å²) in [6.45, 7) is 12.6. The Kier molecular flexibility index (Phi) is 5.41. The van der Waals surface area contributed by atoms with Gasteiger partial charge in [-0.25, -0.2) is 0 Å². The highest BCUT2D eigenvalue weighted by Crippen LogP contribution is 2.55. The fourth-order valence-corrected chi connectivity index (χ4v) is 3.50. The van der Waals surface area contributed by atoms with Crippen LogP contribution in [0.5, 0.6) is 0 Å². The van der Waals surface area contributed by atoms with Crippen LogP contribution in [0.25, 0.3) is 0 Å². The zero-order chi connectivity index (χ0) is 14.8. The van der Waals surface area contributed by atoms with Gasteiger partial charge in [-0.2, -0.15) is 0 Å². The largest absolute Gasteiger partial charge is 0.322 e. The summed E-state index contributed by atoms with van der Waals surface area (Å²) < 4.78 is 0. The van der Waals surface area contributed by atoms with Gasteiger partial charge in [0.1, 0.15) is 5.66 Å². The fourth-order valence-electron chi connectivity index (χ4n) is 1.93. The summed E-state index contributed by atoms with van der Waals surface area (Å²) in [5.41, 5.74) is 3.00. The van der Waals surface area contributed by atoms with Crippen LogP contribution < -0.4 is 5.32 Å². The Morgan fingerprint density at radius 1 is 1.32 bits per heavy atom. The number of benzene rings is 1. The third-order valence-electron chi connectivity index (χ3n) is 3.99. The fraction of sp³-hybridized carbons (Fsp3) is 0.533. The molecule has 1 N–H and O–H groups in total. The lowest BCUT2D eigenvalue weighted by Crippen LogP contribution is -2.28. The topological polar surface area (TPSA) is 29.1 Å². The summed E-state index contributed by atoms with van der Waals surface area (Å²) in [5.74, 6) is 0.119. The van der Waals surface area contributed by atoms with Gasteiger partial charge in [0.2, 0.25) is 0 Å². The number of aryl methyl sites for hydroxylation is 2. The molecule has 1 aromatic rings. The minimum absolute atomic E-state index is 0.0759. The van der Waals surface area contributed by atoms with Gasteiger partial charge in [-0.05, 0) is 51.0 Å². The summed E-state index contributed by atoms with van der Waals surface area (Å²) in [4.78, 5) is 12.4. The van der Waals surface area contributed by atoms with Crippen LogP contribution in [-0.2, 0) is 4.79 Å². The third-order valence-corrected chi connectivity index (χ3v) is 8.17. The molecule has 0 saturated heterocycles. The van der Waals surface area contributed by atoms with Crippen molar-refractivity contribution < 1.29 is 4.79 Å². The Hall–Kier alpha value is -0.590. The molecule has 1 atom stereocenters. The first-order valence-corrected chi connectivity index (χ1v) is 9.91. The van der Waals surface area contributed by atoms with E-state index in [2.05, 4.69) is 25.6 Å². The number of anilines is 1. The highest BCUT2D eigenvalue weighted by molar-refractivity contribution is 7.75. The third kappa shape index (κ3) is 3.94. The number of amides is 1. The van der Waals surface area contributed by atoms with Gasteiger partial charge in [0.25, 0.3) is 5.91 Å². The molecule has 0 saturated carbocycles. The van der Waals surface area contributed by atoms with Gasteiger partial charge in [0, 0.05) is 31.3 Å². The molecule has 0 radical (unpaired) electrons. The number of hydrogen-bond donors (Lipinski definition) is 1. The lowest BCUT2D eigenvalue weighted by Gasteiger charge is -2.24. The molecule has 0 fully saturated rings. The van der Waals surface area contributed by atoms with Crippen molar-refractivity contribution in [3.63, 3.8) is 0 Å². The van der Waals surface area contributed by atoms with Gasteiger partial charge in [-0.3, -0.25) is 4.79 Å². The second-order valence-corrected chi connectivity index (χ2v) is 11.1. The van der Waals surface area contributed by atoms with E-state index in [9.17, 15) is 4.79 Å². The number of hydrogen-bond acceptors (Lipinski definition) is 1. The molecule has 0 aliphatic carbocycles. The highest BCUT2D eigenvalue weighted by Gasteiger charge is 2.36. The molecule has 0 bridgehead atoms. The number of halogens is 1. The van der Waals surface area contributed by atoms with E-state index in [1.807, 2.05) is 32.9 Å². The van der Waals surface area contributed by atoms with Gasteiger partial charge < -0.3 is 5.32 Å². The SMILES string of the molecule is CC[P+](C)(C)C(C)C(=O)Nc1c(C)cc(Cl)cc1C. The van der Waals surface area contributed by atoms with Crippen molar-refractivity contribution in [3.8, 4) is 0 Å². The average molecular weight is 301 g/mol. The van der Waals surface area contributed by atoms with E-state index >= 15 is 0 Å². The highest BCUT2D eigenvalue weighted by atomic mass is 35.5. The van der Waals surface area contributed by atoms with Crippen molar-refractivity contribution in [1.29, 1.82) is 0 Å². The Balaban J connectivity index is 2.95. The van der Waals surface area contributed by atoms with Gasteiger partial charge in [0.15, 0.2) is 0 Å². The predicted molar refractivity (Wildman–Crippen MR) is 88.3 cm³/mol. The van der Waals surface area contributed by atoms with Crippen LogP contribution in [0.3, 0.4) is 0 Å². The van der Waals surface area contributed by atoms with E-state index in [1.165, 1.54) is 0 Å². The lowest BCUT2D eigenvalue weighted by molar-refractivity contribution is -0.115. The maximum atomic E-state index is 12.4. The molecule has 0 aromatic heterocycles. The lowest BCUT2D eigenvalue weighted by atomic mass is 10.1. The zero-order valence-corrected chi connectivity index (χ0v) is 14.3. The van der Waals surface area contributed by atoms with Crippen LogP contribution >= 0.6 is 18.9 Å². The van der Waals surface area contributed by atoms with E-state index in [-0.39, 0.29) is 11.6 Å². The molecule has 0 spiro atoms. The number of carbonyl (C=O) groups is 1. The minimum atomic E-state index is -1.19. The second kappa shape index (κ2) is 6.24. The summed E-state index contributed by atoms with van der Waals surface area (Å²) in [5, 5.41) is 3.79. The number of carbonyl (C=O) groups excluding carboxylic acids is 1. The van der Waals surface area contributed by atoms with Crippen molar-refractivity contribution in [2.45, 2.75) is 33.4 Å². The maximum Gasteiger partial charge on any atom is 0.264 e. The first kappa shape index (κ1) is 16.5. The van der Waals surface area contributed by atoms with Crippen LogP contribution in [0, 0.1) is 13.8 Å². The molecule has 106 valence electrons. The van der Waals surface area contributed by atoms with Crippen LogP contribution in [-0.4, -0.2) is 31.1 Å². The Morgan fingerprint density at radius 3 is 2.21 bits per heavy atom. The molecule has 1 unspecified atom stereocenters. The molecular weight excluding hydrogens is 277 g/mol. The monoisotopic (exact) mass is 300 g/mol. The van der Waals surface area contributed by atoms with E-state index in [0.717, 1.165) is 23.0 Å². The van der Waals surface area contributed by atoms with Gasteiger partial charge in [0.05, 0.1) is 6.16 Å². The zero-order valence-electron chi connectivity index (χ0n) is 12.7. The first-order chi connectivity index (χ1) is 8.69. The molecule has 2 nitrogen and oxygen atoms in total. The molecule has 1 aromatic carbocycles. The minimum Gasteiger partial charge on any atom is -0.322 e. The molecule has 19 heavy (non-hydrogen) atoms. The Labute approximate surface area is 122 Å². The molecule has 0 aliphatic heterocycles. The molecule has 0 heterocycles. The number of rotatable bonds is 4. The molecule has 4 heteroatoms. The maximum absolute atomic E-state index is 12.4. The summed E-state index contributed by atoms with van der Waals surface area (Å²) in [6.07, 6.45) is 1.08. The van der Waals surface area contributed by atoms with Crippen molar-refractivity contribution in [3.05, 3.63) is 28.3 Å². The summed E-state index contributed by atoms with van der Waals surface area (Å²) >= 11 is 6.01. The van der Waals surface area contributed by atoms with Crippen molar-refractivity contribution >= 4 is 30.5 Å². The van der Waals surface area contributed by atoms with Crippen molar-refractivity contribution in [2.24, 2.45) is 0 Å². The van der Waals surface area contributed by atoms with Crippen molar-refractivity contribution in [1.82, 2.24) is 0 Å². The summed E-state index contributed by atoms with van der Waals surface area (Å²) in [6, 6.07) is 3.77. The molecule has 0 aliphatic rings. The Bertz CT molecular complexity index is 462. The average Bonchev–Trinajstić information content (AvgIpc) is 2.32. The second-order valence-electron chi connectivity index (χ2n) is 5.67. The van der Waals surface area contributed by atoms with Gasteiger partial charge >= 0.3 is 0 Å². The van der Waals surface area contributed by atoms with Crippen LogP contribution in [0.2, 0.25) is 5.02 Å². The molecular formula is C15H24ClNOP+. The van der Waals surface area contributed by atoms with E-state index < -0.39 is 7.26 Å².